The summed E-state index contributed by atoms with van der Waals surface area (Å²) in [5.41, 5.74) is -0.0915. The SMILES string of the molecule is CC(C)(C)OC(=O)CNCc1cccc(Cl)c1F. The quantitative estimate of drug-likeness (QED) is 0.858. The van der Waals surface area contributed by atoms with Gasteiger partial charge < -0.3 is 10.1 Å². The molecule has 0 bridgehead atoms. The lowest BCUT2D eigenvalue weighted by atomic mass is 10.2. The summed E-state index contributed by atoms with van der Waals surface area (Å²) in [5.74, 6) is -0.833. The van der Waals surface area contributed by atoms with E-state index in [-0.39, 0.29) is 24.1 Å². The first-order valence-corrected chi connectivity index (χ1v) is 6.03. The van der Waals surface area contributed by atoms with Crippen LogP contribution in [-0.2, 0) is 16.1 Å². The van der Waals surface area contributed by atoms with E-state index in [4.69, 9.17) is 16.3 Å². The fourth-order valence-corrected chi connectivity index (χ4v) is 1.56. The van der Waals surface area contributed by atoms with Gasteiger partial charge in [-0.25, -0.2) is 4.39 Å². The molecule has 0 fully saturated rings. The third-order valence-electron chi connectivity index (χ3n) is 2.04. The summed E-state index contributed by atoms with van der Waals surface area (Å²) in [6.07, 6.45) is 0. The number of esters is 1. The van der Waals surface area contributed by atoms with Crippen molar-refractivity contribution >= 4 is 17.6 Å². The van der Waals surface area contributed by atoms with Gasteiger partial charge in [0.1, 0.15) is 11.4 Å². The van der Waals surface area contributed by atoms with Crippen LogP contribution >= 0.6 is 11.6 Å². The minimum Gasteiger partial charge on any atom is -0.459 e. The Kier molecular flexibility index (Phi) is 5.11. The first-order valence-electron chi connectivity index (χ1n) is 5.65. The number of hydrogen-bond donors (Lipinski definition) is 1. The molecule has 1 aromatic rings. The highest BCUT2D eigenvalue weighted by Gasteiger charge is 2.15. The number of hydrogen-bond acceptors (Lipinski definition) is 3. The summed E-state index contributed by atoms with van der Waals surface area (Å²) in [6, 6.07) is 4.76. The number of halogens is 2. The van der Waals surface area contributed by atoms with Crippen LogP contribution < -0.4 is 5.32 Å². The van der Waals surface area contributed by atoms with Gasteiger partial charge in [0.05, 0.1) is 11.6 Å². The van der Waals surface area contributed by atoms with Crippen molar-refractivity contribution in [3.8, 4) is 0 Å². The van der Waals surface area contributed by atoms with Gasteiger partial charge in [-0.1, -0.05) is 23.7 Å². The molecule has 1 N–H and O–H groups in total. The van der Waals surface area contributed by atoms with Gasteiger partial charge in [0.2, 0.25) is 0 Å². The van der Waals surface area contributed by atoms with E-state index < -0.39 is 11.4 Å². The van der Waals surface area contributed by atoms with Gasteiger partial charge in [0, 0.05) is 12.1 Å². The highest BCUT2D eigenvalue weighted by Crippen LogP contribution is 2.17. The van der Waals surface area contributed by atoms with Gasteiger partial charge in [-0.3, -0.25) is 4.79 Å². The van der Waals surface area contributed by atoms with E-state index in [9.17, 15) is 9.18 Å². The van der Waals surface area contributed by atoms with Crippen molar-refractivity contribution < 1.29 is 13.9 Å². The highest BCUT2D eigenvalue weighted by molar-refractivity contribution is 6.30. The van der Waals surface area contributed by atoms with E-state index >= 15 is 0 Å². The van der Waals surface area contributed by atoms with E-state index in [1.807, 2.05) is 0 Å². The molecule has 0 unspecified atom stereocenters. The Morgan fingerprint density at radius 2 is 2.11 bits per heavy atom. The van der Waals surface area contributed by atoms with Gasteiger partial charge in [0.25, 0.3) is 0 Å². The molecule has 3 nitrogen and oxygen atoms in total. The molecule has 0 heterocycles. The summed E-state index contributed by atoms with van der Waals surface area (Å²) in [6.45, 7) is 5.64. The zero-order valence-corrected chi connectivity index (χ0v) is 11.5. The molecule has 18 heavy (non-hydrogen) atoms. The lowest BCUT2D eigenvalue weighted by Gasteiger charge is -2.19. The Morgan fingerprint density at radius 3 is 2.72 bits per heavy atom. The van der Waals surface area contributed by atoms with E-state index in [2.05, 4.69) is 5.32 Å². The van der Waals surface area contributed by atoms with Crippen molar-refractivity contribution in [1.29, 1.82) is 0 Å². The fourth-order valence-electron chi connectivity index (χ4n) is 1.36. The largest absolute Gasteiger partial charge is 0.459 e. The van der Waals surface area contributed by atoms with Crippen molar-refractivity contribution in [3.05, 3.63) is 34.6 Å². The molecule has 5 heteroatoms. The number of rotatable bonds is 4. The van der Waals surface area contributed by atoms with Crippen LogP contribution in [0.2, 0.25) is 5.02 Å². The van der Waals surface area contributed by atoms with Crippen LogP contribution in [0, 0.1) is 5.82 Å². The van der Waals surface area contributed by atoms with Gasteiger partial charge >= 0.3 is 5.97 Å². The Labute approximate surface area is 111 Å². The molecular weight excluding hydrogens is 257 g/mol. The lowest BCUT2D eigenvalue weighted by molar-refractivity contribution is -0.153. The third kappa shape index (κ3) is 5.02. The summed E-state index contributed by atoms with van der Waals surface area (Å²) in [4.78, 5) is 11.4. The normalized spacial score (nSPS) is 11.4. The molecule has 0 radical (unpaired) electrons. The second-order valence-electron chi connectivity index (χ2n) is 4.90. The lowest BCUT2D eigenvalue weighted by Crippen LogP contribution is -2.31. The average molecular weight is 274 g/mol. The Morgan fingerprint density at radius 1 is 1.44 bits per heavy atom. The smallest absolute Gasteiger partial charge is 0.320 e. The molecule has 0 spiro atoms. The molecule has 0 aliphatic rings. The summed E-state index contributed by atoms with van der Waals surface area (Å²) < 4.78 is 18.6. The zero-order chi connectivity index (χ0) is 13.8. The first-order chi connectivity index (χ1) is 8.29. The number of nitrogens with one attached hydrogen (secondary N) is 1. The third-order valence-corrected chi connectivity index (χ3v) is 2.33. The van der Waals surface area contributed by atoms with E-state index in [0.717, 1.165) is 0 Å². The molecule has 0 aliphatic heterocycles. The zero-order valence-electron chi connectivity index (χ0n) is 10.7. The Hall–Kier alpha value is -1.13. The second-order valence-corrected chi connectivity index (χ2v) is 5.31. The fraction of sp³-hybridized carbons (Fsp3) is 0.462. The molecule has 0 aliphatic carbocycles. The number of carbonyl (C=O) groups excluding carboxylic acids is 1. The molecule has 0 amide bonds. The molecule has 0 atom stereocenters. The van der Waals surface area contributed by atoms with Crippen LogP contribution in [0.1, 0.15) is 26.3 Å². The maximum absolute atomic E-state index is 13.5. The van der Waals surface area contributed by atoms with Crippen LogP contribution in [0.4, 0.5) is 4.39 Å². The number of ether oxygens (including phenoxy) is 1. The van der Waals surface area contributed by atoms with Gasteiger partial charge in [-0.15, -0.1) is 0 Å². The predicted molar refractivity (Wildman–Crippen MR) is 69.0 cm³/mol. The minimum absolute atomic E-state index is 0.0310. The first kappa shape index (κ1) is 14.9. The molecule has 0 saturated carbocycles. The molecule has 1 aromatic carbocycles. The van der Waals surface area contributed by atoms with Crippen LogP contribution in [0.15, 0.2) is 18.2 Å². The topological polar surface area (TPSA) is 38.3 Å². The summed E-state index contributed by atoms with van der Waals surface area (Å²) >= 11 is 5.65. The number of carbonyl (C=O) groups is 1. The molecule has 0 aromatic heterocycles. The van der Waals surface area contributed by atoms with E-state index in [1.165, 1.54) is 6.07 Å². The highest BCUT2D eigenvalue weighted by atomic mass is 35.5. The van der Waals surface area contributed by atoms with Crippen LogP contribution in [0.5, 0.6) is 0 Å². The van der Waals surface area contributed by atoms with Crippen molar-refractivity contribution in [2.75, 3.05) is 6.54 Å². The molecule has 1 rings (SSSR count). The number of benzene rings is 1. The van der Waals surface area contributed by atoms with Crippen molar-refractivity contribution in [1.82, 2.24) is 5.32 Å². The molecule has 0 saturated heterocycles. The summed E-state index contributed by atoms with van der Waals surface area (Å²) in [5, 5.41) is 2.89. The van der Waals surface area contributed by atoms with Gasteiger partial charge in [-0.05, 0) is 26.8 Å². The van der Waals surface area contributed by atoms with E-state index in [0.29, 0.717) is 5.56 Å². The van der Waals surface area contributed by atoms with E-state index in [1.54, 1.807) is 32.9 Å². The minimum atomic E-state index is -0.514. The van der Waals surface area contributed by atoms with Crippen molar-refractivity contribution in [2.24, 2.45) is 0 Å². The van der Waals surface area contributed by atoms with Crippen molar-refractivity contribution in [3.63, 3.8) is 0 Å². The standard InChI is InChI=1S/C13H17ClFNO2/c1-13(2,3)18-11(17)8-16-7-9-5-4-6-10(14)12(9)15/h4-6,16H,7-8H2,1-3H3. The Bertz CT molecular complexity index is 429. The molecular formula is C13H17ClFNO2. The molecule has 100 valence electrons. The van der Waals surface area contributed by atoms with Crippen LogP contribution in [-0.4, -0.2) is 18.1 Å². The van der Waals surface area contributed by atoms with Gasteiger partial charge in [0.15, 0.2) is 0 Å². The summed E-state index contributed by atoms with van der Waals surface area (Å²) in [7, 11) is 0. The monoisotopic (exact) mass is 273 g/mol. The maximum atomic E-state index is 13.5. The average Bonchev–Trinajstić information content (AvgIpc) is 2.21. The van der Waals surface area contributed by atoms with Crippen LogP contribution in [0.3, 0.4) is 0 Å². The second kappa shape index (κ2) is 6.16. The Balaban J connectivity index is 2.43. The van der Waals surface area contributed by atoms with Gasteiger partial charge in [-0.2, -0.15) is 0 Å². The van der Waals surface area contributed by atoms with Crippen molar-refractivity contribution in [2.45, 2.75) is 32.9 Å². The predicted octanol–water partition coefficient (Wildman–Crippen LogP) is 2.91. The maximum Gasteiger partial charge on any atom is 0.320 e. The van der Waals surface area contributed by atoms with Crippen LogP contribution in [0.25, 0.3) is 0 Å².